The van der Waals surface area contributed by atoms with Gasteiger partial charge in [-0.25, -0.2) is 0 Å². The van der Waals surface area contributed by atoms with E-state index in [1.54, 1.807) is 0 Å². The second kappa shape index (κ2) is 8.14. The monoisotopic (exact) mass is 317 g/mol. The Kier molecular flexibility index (Phi) is 6.20. The van der Waals surface area contributed by atoms with Crippen LogP contribution in [0.5, 0.6) is 0 Å². The Morgan fingerprint density at radius 2 is 1.70 bits per heavy atom. The normalized spacial score (nSPS) is 22.1. The van der Waals surface area contributed by atoms with Crippen molar-refractivity contribution in [3.63, 3.8) is 0 Å². The van der Waals surface area contributed by atoms with E-state index in [1.165, 1.54) is 0 Å². The fourth-order valence-electron chi connectivity index (χ4n) is 3.66. The van der Waals surface area contributed by atoms with E-state index in [9.17, 15) is 14.7 Å². The number of amides is 1. The molecule has 1 amide bonds. The van der Waals surface area contributed by atoms with Gasteiger partial charge in [0.05, 0.1) is 12.3 Å². The van der Waals surface area contributed by atoms with Crippen molar-refractivity contribution in [3.05, 3.63) is 35.9 Å². The van der Waals surface area contributed by atoms with Gasteiger partial charge in [0.25, 0.3) is 0 Å². The lowest BCUT2D eigenvalue weighted by Gasteiger charge is -2.23. The number of likely N-dealkylation sites (tertiary alicyclic amines) is 1. The molecule has 23 heavy (non-hydrogen) atoms. The molecule has 0 saturated carbocycles. The second-order valence-corrected chi connectivity index (χ2v) is 6.56. The van der Waals surface area contributed by atoms with Crippen LogP contribution >= 0.6 is 0 Å². The highest BCUT2D eigenvalue weighted by Gasteiger charge is 2.36. The van der Waals surface area contributed by atoms with E-state index in [2.05, 4.69) is 13.8 Å². The number of aliphatic carboxylic acids is 1. The second-order valence-electron chi connectivity index (χ2n) is 6.56. The lowest BCUT2D eigenvalue weighted by atomic mass is 9.92. The van der Waals surface area contributed by atoms with Gasteiger partial charge in [-0.05, 0) is 23.8 Å². The van der Waals surface area contributed by atoms with Gasteiger partial charge in [-0.1, -0.05) is 57.0 Å². The molecular formula is C19H27NO3. The highest BCUT2D eigenvalue weighted by atomic mass is 16.4. The molecule has 1 aliphatic heterocycles. The summed E-state index contributed by atoms with van der Waals surface area (Å²) in [5, 5.41) is 9.18. The SMILES string of the molecule is CCC1CN(C(=O)C(CC(=O)O)Cc2ccccc2)CC1CC. The summed E-state index contributed by atoms with van der Waals surface area (Å²) in [6.07, 6.45) is 2.54. The molecule has 0 radical (unpaired) electrons. The predicted molar refractivity (Wildman–Crippen MR) is 90.0 cm³/mol. The van der Waals surface area contributed by atoms with Crippen molar-refractivity contribution in [3.8, 4) is 0 Å². The number of hydrogen-bond acceptors (Lipinski definition) is 2. The van der Waals surface area contributed by atoms with Crippen LogP contribution in [0.15, 0.2) is 30.3 Å². The van der Waals surface area contributed by atoms with E-state index in [0.717, 1.165) is 31.5 Å². The van der Waals surface area contributed by atoms with E-state index in [1.807, 2.05) is 35.2 Å². The molecule has 1 aromatic rings. The third-order valence-electron chi connectivity index (χ3n) is 5.03. The predicted octanol–water partition coefficient (Wildman–Crippen LogP) is 3.21. The average molecular weight is 317 g/mol. The van der Waals surface area contributed by atoms with Crippen LogP contribution < -0.4 is 0 Å². The maximum atomic E-state index is 12.9. The van der Waals surface area contributed by atoms with Gasteiger partial charge in [-0.2, -0.15) is 0 Å². The molecule has 0 bridgehead atoms. The van der Waals surface area contributed by atoms with Crippen molar-refractivity contribution in [2.24, 2.45) is 17.8 Å². The van der Waals surface area contributed by atoms with Crippen molar-refractivity contribution in [1.82, 2.24) is 4.90 Å². The molecule has 1 aliphatic rings. The molecule has 1 N–H and O–H groups in total. The van der Waals surface area contributed by atoms with E-state index >= 15 is 0 Å². The van der Waals surface area contributed by atoms with E-state index in [4.69, 9.17) is 0 Å². The molecule has 4 heteroatoms. The summed E-state index contributed by atoms with van der Waals surface area (Å²) < 4.78 is 0. The number of carboxylic acid groups (broad SMARTS) is 1. The lowest BCUT2D eigenvalue weighted by molar-refractivity contribution is -0.144. The molecule has 1 saturated heterocycles. The molecule has 3 atom stereocenters. The first-order valence-corrected chi connectivity index (χ1v) is 8.59. The summed E-state index contributed by atoms with van der Waals surface area (Å²) in [5.41, 5.74) is 1.02. The van der Waals surface area contributed by atoms with E-state index in [-0.39, 0.29) is 12.3 Å². The third kappa shape index (κ3) is 4.57. The summed E-state index contributed by atoms with van der Waals surface area (Å²) in [6, 6.07) is 9.68. The summed E-state index contributed by atoms with van der Waals surface area (Å²) in [5.74, 6) is -0.275. The quantitative estimate of drug-likeness (QED) is 0.840. The number of hydrogen-bond donors (Lipinski definition) is 1. The fraction of sp³-hybridized carbons (Fsp3) is 0.579. The number of carbonyl (C=O) groups is 2. The van der Waals surface area contributed by atoms with Gasteiger partial charge in [-0.3, -0.25) is 9.59 Å². The standard InChI is InChI=1S/C19H27NO3/c1-3-15-12-20(13-16(15)4-2)19(23)17(11-18(21)22)10-14-8-6-5-7-9-14/h5-9,15-17H,3-4,10-13H2,1-2H3,(H,21,22). The van der Waals surface area contributed by atoms with Gasteiger partial charge < -0.3 is 10.0 Å². The highest BCUT2D eigenvalue weighted by Crippen LogP contribution is 2.30. The first kappa shape index (κ1) is 17.5. The van der Waals surface area contributed by atoms with Crippen molar-refractivity contribution in [2.45, 2.75) is 39.5 Å². The first-order chi connectivity index (χ1) is 11.0. The maximum absolute atomic E-state index is 12.9. The summed E-state index contributed by atoms with van der Waals surface area (Å²) >= 11 is 0. The van der Waals surface area contributed by atoms with Crippen LogP contribution in [0, 0.1) is 17.8 Å². The van der Waals surface area contributed by atoms with Crippen molar-refractivity contribution in [2.75, 3.05) is 13.1 Å². The van der Waals surface area contributed by atoms with Gasteiger partial charge >= 0.3 is 5.97 Å². The van der Waals surface area contributed by atoms with Gasteiger partial charge in [0.1, 0.15) is 0 Å². The van der Waals surface area contributed by atoms with Crippen LogP contribution in [0.4, 0.5) is 0 Å². The Balaban J connectivity index is 2.09. The smallest absolute Gasteiger partial charge is 0.304 e. The minimum absolute atomic E-state index is 0.00523. The molecule has 3 unspecified atom stereocenters. The molecule has 0 aliphatic carbocycles. The molecule has 4 nitrogen and oxygen atoms in total. The van der Waals surface area contributed by atoms with Gasteiger partial charge in [0, 0.05) is 13.1 Å². The number of carboxylic acids is 1. The Morgan fingerprint density at radius 1 is 1.13 bits per heavy atom. The van der Waals surface area contributed by atoms with E-state index in [0.29, 0.717) is 18.3 Å². The number of carbonyl (C=O) groups excluding carboxylic acids is 1. The number of benzene rings is 1. The fourth-order valence-corrected chi connectivity index (χ4v) is 3.66. The van der Waals surface area contributed by atoms with Crippen LogP contribution in [0.3, 0.4) is 0 Å². The molecular weight excluding hydrogens is 290 g/mol. The first-order valence-electron chi connectivity index (χ1n) is 8.59. The van der Waals surface area contributed by atoms with Gasteiger partial charge in [0.15, 0.2) is 0 Å². The van der Waals surface area contributed by atoms with Crippen LogP contribution in [-0.4, -0.2) is 35.0 Å². The Bertz CT molecular complexity index is 517. The zero-order valence-electron chi connectivity index (χ0n) is 14.1. The summed E-state index contributed by atoms with van der Waals surface area (Å²) in [7, 11) is 0. The summed E-state index contributed by atoms with van der Waals surface area (Å²) in [6.45, 7) is 5.89. The number of nitrogens with zero attached hydrogens (tertiary/aromatic N) is 1. The van der Waals surface area contributed by atoms with Crippen molar-refractivity contribution in [1.29, 1.82) is 0 Å². The Hall–Kier alpha value is -1.84. The zero-order valence-corrected chi connectivity index (χ0v) is 14.1. The average Bonchev–Trinajstić information content (AvgIpc) is 2.97. The topological polar surface area (TPSA) is 57.6 Å². The minimum Gasteiger partial charge on any atom is -0.481 e. The number of rotatable bonds is 7. The highest BCUT2D eigenvalue weighted by molar-refractivity contribution is 5.83. The van der Waals surface area contributed by atoms with Crippen LogP contribution in [0.1, 0.15) is 38.7 Å². The third-order valence-corrected chi connectivity index (χ3v) is 5.03. The molecule has 126 valence electrons. The van der Waals surface area contributed by atoms with Crippen LogP contribution in [-0.2, 0) is 16.0 Å². The molecule has 0 spiro atoms. The maximum Gasteiger partial charge on any atom is 0.304 e. The zero-order chi connectivity index (χ0) is 16.8. The molecule has 1 fully saturated rings. The van der Waals surface area contributed by atoms with Crippen LogP contribution in [0.25, 0.3) is 0 Å². The van der Waals surface area contributed by atoms with E-state index < -0.39 is 11.9 Å². The minimum atomic E-state index is -0.905. The molecule has 2 rings (SSSR count). The Labute approximate surface area is 138 Å². The van der Waals surface area contributed by atoms with Gasteiger partial charge in [-0.15, -0.1) is 0 Å². The van der Waals surface area contributed by atoms with Crippen LogP contribution in [0.2, 0.25) is 0 Å². The molecule has 0 aromatic heterocycles. The van der Waals surface area contributed by atoms with Gasteiger partial charge in [0.2, 0.25) is 5.91 Å². The largest absolute Gasteiger partial charge is 0.481 e. The lowest BCUT2D eigenvalue weighted by Crippen LogP contribution is -2.36. The van der Waals surface area contributed by atoms with Crippen molar-refractivity contribution < 1.29 is 14.7 Å². The van der Waals surface area contributed by atoms with Crippen molar-refractivity contribution >= 4 is 11.9 Å². The molecule has 1 aromatic carbocycles. The molecule has 1 heterocycles. The summed E-state index contributed by atoms with van der Waals surface area (Å²) in [4.78, 5) is 26.0. The Morgan fingerprint density at radius 3 is 2.17 bits per heavy atom.